The molecular formula is C21H16F5N3O3. The quantitative estimate of drug-likeness (QED) is 0.517. The number of rotatable bonds is 7. The van der Waals surface area contributed by atoms with Crippen molar-refractivity contribution in [2.75, 3.05) is 11.9 Å². The Morgan fingerprint density at radius 1 is 1.00 bits per heavy atom. The van der Waals surface area contributed by atoms with Crippen LogP contribution in [0.25, 0.3) is 11.3 Å². The molecule has 0 spiro atoms. The van der Waals surface area contributed by atoms with Gasteiger partial charge in [0.2, 0.25) is 5.91 Å². The van der Waals surface area contributed by atoms with Crippen LogP contribution in [-0.2, 0) is 11.2 Å². The van der Waals surface area contributed by atoms with Gasteiger partial charge in [0.25, 0.3) is 5.91 Å². The van der Waals surface area contributed by atoms with Crippen LogP contribution < -0.4 is 10.6 Å². The zero-order valence-electron chi connectivity index (χ0n) is 16.3. The molecule has 3 rings (SSSR count). The number of anilines is 1. The number of alkyl halides is 3. The summed E-state index contributed by atoms with van der Waals surface area (Å²) in [7, 11) is 0. The molecule has 0 saturated heterocycles. The second-order valence-corrected chi connectivity index (χ2v) is 6.61. The number of carbonyl (C=O) groups excluding carboxylic acids is 2. The second kappa shape index (κ2) is 9.58. The molecule has 0 radical (unpaired) electrons. The standard InChI is InChI=1S/C21H16F5N3O3/c22-13-5-3-6-14(23)19(13)16-10-27-18(32-16)9-8-17(30)29-15-7-2-1-4-12(15)20(31)28-11-21(24,25)26/h1-7,10H,8-9,11H2,(H,28,31)(H,29,30). The molecule has 32 heavy (non-hydrogen) atoms. The summed E-state index contributed by atoms with van der Waals surface area (Å²) in [5.41, 5.74) is -0.494. The molecule has 0 atom stereocenters. The van der Waals surface area contributed by atoms with Gasteiger partial charge in [-0.05, 0) is 24.3 Å². The smallest absolute Gasteiger partial charge is 0.405 e. The SMILES string of the molecule is O=C(CCc1ncc(-c2c(F)cccc2F)o1)Nc1ccccc1C(=O)NCC(F)(F)F. The van der Waals surface area contributed by atoms with E-state index >= 15 is 0 Å². The Balaban J connectivity index is 1.62. The Morgan fingerprint density at radius 3 is 2.38 bits per heavy atom. The lowest BCUT2D eigenvalue weighted by Gasteiger charge is -2.12. The van der Waals surface area contributed by atoms with Crippen molar-refractivity contribution in [3.05, 3.63) is 71.8 Å². The van der Waals surface area contributed by atoms with Crippen molar-refractivity contribution in [2.24, 2.45) is 0 Å². The predicted octanol–water partition coefficient (Wildman–Crippen LogP) is 4.48. The van der Waals surface area contributed by atoms with Gasteiger partial charge in [-0.15, -0.1) is 0 Å². The van der Waals surface area contributed by atoms with E-state index in [1.165, 1.54) is 30.3 Å². The van der Waals surface area contributed by atoms with Crippen molar-refractivity contribution in [1.82, 2.24) is 10.3 Å². The first-order valence-electron chi connectivity index (χ1n) is 9.27. The van der Waals surface area contributed by atoms with Gasteiger partial charge >= 0.3 is 6.18 Å². The number of amides is 2. The predicted molar refractivity (Wildman–Crippen MR) is 104 cm³/mol. The monoisotopic (exact) mass is 453 g/mol. The average Bonchev–Trinajstić information content (AvgIpc) is 3.19. The number of carbonyl (C=O) groups is 2. The van der Waals surface area contributed by atoms with Crippen molar-refractivity contribution in [2.45, 2.75) is 19.0 Å². The van der Waals surface area contributed by atoms with Crippen molar-refractivity contribution >= 4 is 17.5 Å². The third-order valence-electron chi connectivity index (χ3n) is 4.22. The molecular weight excluding hydrogens is 437 g/mol. The molecule has 11 heteroatoms. The van der Waals surface area contributed by atoms with Crippen LogP contribution in [0, 0.1) is 11.6 Å². The average molecular weight is 453 g/mol. The van der Waals surface area contributed by atoms with Crippen LogP contribution in [0.5, 0.6) is 0 Å². The Hall–Kier alpha value is -3.76. The highest BCUT2D eigenvalue weighted by Gasteiger charge is 2.28. The molecule has 0 bridgehead atoms. The first kappa shape index (κ1) is 22.9. The number of nitrogens with one attached hydrogen (secondary N) is 2. The summed E-state index contributed by atoms with van der Waals surface area (Å²) in [6.07, 6.45) is -3.63. The topological polar surface area (TPSA) is 84.2 Å². The fraction of sp³-hybridized carbons (Fsp3) is 0.190. The first-order valence-corrected chi connectivity index (χ1v) is 9.27. The Morgan fingerprint density at radius 2 is 1.69 bits per heavy atom. The number of aromatic nitrogens is 1. The highest BCUT2D eigenvalue weighted by molar-refractivity contribution is 6.03. The molecule has 0 aliphatic carbocycles. The lowest BCUT2D eigenvalue weighted by molar-refractivity contribution is -0.123. The maximum atomic E-state index is 13.8. The number of hydrogen-bond acceptors (Lipinski definition) is 4. The largest absolute Gasteiger partial charge is 0.441 e. The van der Waals surface area contributed by atoms with Gasteiger partial charge < -0.3 is 15.1 Å². The van der Waals surface area contributed by atoms with Crippen molar-refractivity contribution < 1.29 is 36.0 Å². The van der Waals surface area contributed by atoms with Crippen molar-refractivity contribution in [1.29, 1.82) is 0 Å². The number of para-hydroxylation sites is 1. The summed E-state index contributed by atoms with van der Waals surface area (Å²) in [6, 6.07) is 8.91. The van der Waals surface area contributed by atoms with Crippen molar-refractivity contribution in [3.63, 3.8) is 0 Å². The van der Waals surface area contributed by atoms with E-state index in [0.29, 0.717) is 0 Å². The third-order valence-corrected chi connectivity index (χ3v) is 4.22. The van der Waals surface area contributed by atoms with E-state index in [4.69, 9.17) is 4.42 Å². The minimum atomic E-state index is -4.58. The third kappa shape index (κ3) is 5.90. The van der Waals surface area contributed by atoms with Crippen LogP contribution in [0.3, 0.4) is 0 Å². The molecule has 0 fully saturated rings. The van der Waals surface area contributed by atoms with Gasteiger partial charge in [0, 0.05) is 12.8 Å². The molecule has 2 N–H and O–H groups in total. The van der Waals surface area contributed by atoms with E-state index in [1.54, 1.807) is 5.32 Å². The van der Waals surface area contributed by atoms with E-state index in [2.05, 4.69) is 10.3 Å². The molecule has 0 aliphatic heterocycles. The van der Waals surface area contributed by atoms with Crippen molar-refractivity contribution in [3.8, 4) is 11.3 Å². The maximum Gasteiger partial charge on any atom is 0.405 e. The molecule has 0 saturated carbocycles. The summed E-state index contributed by atoms with van der Waals surface area (Å²) < 4.78 is 69.9. The van der Waals surface area contributed by atoms with Crippen LogP contribution in [0.4, 0.5) is 27.6 Å². The minimum absolute atomic E-state index is 0.0235. The van der Waals surface area contributed by atoms with E-state index in [9.17, 15) is 31.5 Å². The zero-order chi connectivity index (χ0) is 23.3. The zero-order valence-corrected chi connectivity index (χ0v) is 16.3. The van der Waals surface area contributed by atoms with Crippen LogP contribution in [0.1, 0.15) is 22.7 Å². The van der Waals surface area contributed by atoms with Gasteiger partial charge in [0.05, 0.1) is 23.0 Å². The molecule has 1 aromatic heterocycles. The van der Waals surface area contributed by atoms with Gasteiger partial charge in [-0.25, -0.2) is 13.8 Å². The number of hydrogen-bond donors (Lipinski definition) is 2. The number of benzene rings is 2. The van der Waals surface area contributed by atoms with Gasteiger partial charge in [-0.2, -0.15) is 13.2 Å². The second-order valence-electron chi connectivity index (χ2n) is 6.61. The summed E-state index contributed by atoms with van der Waals surface area (Å²) in [4.78, 5) is 28.2. The van der Waals surface area contributed by atoms with Gasteiger partial charge in [-0.3, -0.25) is 9.59 Å². The maximum absolute atomic E-state index is 13.8. The Bertz CT molecular complexity index is 1110. The van der Waals surface area contributed by atoms with Gasteiger partial charge in [0.15, 0.2) is 11.7 Å². The molecule has 168 valence electrons. The van der Waals surface area contributed by atoms with Crippen LogP contribution in [0.2, 0.25) is 0 Å². The van der Waals surface area contributed by atoms with Gasteiger partial charge in [0.1, 0.15) is 18.2 Å². The number of nitrogens with zero attached hydrogens (tertiary/aromatic N) is 1. The lowest BCUT2D eigenvalue weighted by Crippen LogP contribution is -2.34. The van der Waals surface area contributed by atoms with E-state index in [0.717, 1.165) is 18.3 Å². The number of oxazole rings is 1. The molecule has 0 unspecified atom stereocenters. The molecule has 2 aromatic carbocycles. The summed E-state index contributed by atoms with van der Waals surface area (Å²) >= 11 is 0. The highest BCUT2D eigenvalue weighted by Crippen LogP contribution is 2.27. The fourth-order valence-corrected chi connectivity index (χ4v) is 2.77. The van der Waals surface area contributed by atoms with Crippen LogP contribution in [0.15, 0.2) is 53.1 Å². The fourth-order valence-electron chi connectivity index (χ4n) is 2.77. The molecule has 6 nitrogen and oxygen atoms in total. The van der Waals surface area contributed by atoms with E-state index < -0.39 is 36.2 Å². The van der Waals surface area contributed by atoms with E-state index in [1.807, 2.05) is 0 Å². The summed E-state index contributed by atoms with van der Waals surface area (Å²) in [5.74, 6) is -3.31. The number of aryl methyl sites for hydroxylation is 1. The lowest BCUT2D eigenvalue weighted by atomic mass is 10.1. The molecule has 2 amide bonds. The summed E-state index contributed by atoms with van der Waals surface area (Å²) in [6.45, 7) is -1.51. The number of halogens is 5. The first-order chi connectivity index (χ1) is 15.1. The molecule has 1 heterocycles. The highest BCUT2D eigenvalue weighted by atomic mass is 19.4. The normalized spacial score (nSPS) is 11.3. The molecule has 3 aromatic rings. The Kier molecular flexibility index (Phi) is 6.86. The van der Waals surface area contributed by atoms with Gasteiger partial charge in [-0.1, -0.05) is 18.2 Å². The minimum Gasteiger partial charge on any atom is -0.441 e. The van der Waals surface area contributed by atoms with Crippen LogP contribution in [-0.4, -0.2) is 29.5 Å². The summed E-state index contributed by atoms with van der Waals surface area (Å²) in [5, 5.41) is 4.18. The van der Waals surface area contributed by atoms with Crippen LogP contribution >= 0.6 is 0 Å². The molecule has 0 aliphatic rings. The Labute approximate surface area is 178 Å². The van der Waals surface area contributed by atoms with E-state index in [-0.39, 0.29) is 41.3 Å².